The predicted octanol–water partition coefficient (Wildman–Crippen LogP) is 1.52. The molecule has 1 aromatic carbocycles. The summed E-state index contributed by atoms with van der Waals surface area (Å²) in [7, 11) is 0. The minimum atomic E-state index is -0.0816. The van der Waals surface area contributed by atoms with Gasteiger partial charge in [-0.25, -0.2) is 14.8 Å². The Hall–Kier alpha value is -2.83. The summed E-state index contributed by atoms with van der Waals surface area (Å²) in [4.78, 5) is 24.5. The van der Waals surface area contributed by atoms with Gasteiger partial charge in [-0.1, -0.05) is 6.07 Å². The van der Waals surface area contributed by atoms with Crippen molar-refractivity contribution in [3.05, 3.63) is 48.0 Å². The molecule has 0 unspecified atom stereocenters. The quantitative estimate of drug-likeness (QED) is 0.893. The number of carbonyl (C=O) groups is 1. The maximum Gasteiger partial charge on any atom is 0.317 e. The van der Waals surface area contributed by atoms with Crippen LogP contribution in [0.25, 0.3) is 0 Å². The molecule has 0 spiro atoms. The molecular formula is C17H21N5O2. The zero-order chi connectivity index (χ0) is 16.9. The van der Waals surface area contributed by atoms with Crippen LogP contribution in [0.3, 0.4) is 0 Å². The standard InChI is InChI=1S/C17H21N5O2/c1-13-18-6-5-14(20-13)12-19-17(24)22-9-7-21(8-10-22)15-3-2-4-16(23)11-15/h2-6,11,23H,7-10,12H2,1H3,(H,19,24). The first-order valence-electron chi connectivity index (χ1n) is 7.97. The van der Waals surface area contributed by atoms with E-state index in [1.54, 1.807) is 29.3 Å². The van der Waals surface area contributed by atoms with E-state index < -0.39 is 0 Å². The van der Waals surface area contributed by atoms with E-state index in [4.69, 9.17) is 0 Å². The zero-order valence-corrected chi connectivity index (χ0v) is 13.6. The van der Waals surface area contributed by atoms with Crippen LogP contribution < -0.4 is 10.2 Å². The van der Waals surface area contributed by atoms with E-state index in [1.165, 1.54) is 0 Å². The number of nitrogens with one attached hydrogen (secondary N) is 1. The molecule has 0 atom stereocenters. The van der Waals surface area contributed by atoms with Crippen LogP contribution in [0.4, 0.5) is 10.5 Å². The number of nitrogens with zero attached hydrogens (tertiary/aromatic N) is 4. The lowest BCUT2D eigenvalue weighted by Crippen LogP contribution is -2.51. The molecule has 1 fully saturated rings. The molecule has 0 aliphatic carbocycles. The number of phenolic OH excluding ortho intramolecular Hbond substituents is 1. The third-order valence-electron chi connectivity index (χ3n) is 4.02. The number of hydrogen-bond acceptors (Lipinski definition) is 5. The number of piperazine rings is 1. The molecule has 24 heavy (non-hydrogen) atoms. The van der Waals surface area contributed by atoms with Crippen LogP contribution in [0.2, 0.25) is 0 Å². The van der Waals surface area contributed by atoms with E-state index in [0.717, 1.165) is 24.5 Å². The first-order chi connectivity index (χ1) is 11.6. The van der Waals surface area contributed by atoms with Crippen LogP contribution in [-0.2, 0) is 6.54 Å². The van der Waals surface area contributed by atoms with Crippen molar-refractivity contribution in [2.45, 2.75) is 13.5 Å². The highest BCUT2D eigenvalue weighted by molar-refractivity contribution is 5.74. The monoisotopic (exact) mass is 327 g/mol. The molecule has 7 heteroatoms. The third-order valence-corrected chi connectivity index (χ3v) is 4.02. The van der Waals surface area contributed by atoms with Crippen LogP contribution >= 0.6 is 0 Å². The number of anilines is 1. The first kappa shape index (κ1) is 16.0. The highest BCUT2D eigenvalue weighted by atomic mass is 16.3. The van der Waals surface area contributed by atoms with Crippen LogP contribution in [0.5, 0.6) is 5.75 Å². The lowest BCUT2D eigenvalue weighted by atomic mass is 10.2. The minimum Gasteiger partial charge on any atom is -0.508 e. The summed E-state index contributed by atoms with van der Waals surface area (Å²) in [5.74, 6) is 0.953. The molecule has 7 nitrogen and oxygen atoms in total. The average Bonchev–Trinajstić information content (AvgIpc) is 2.60. The number of aromatic nitrogens is 2. The van der Waals surface area contributed by atoms with Crippen molar-refractivity contribution in [2.24, 2.45) is 0 Å². The molecule has 1 aromatic heterocycles. The number of hydrogen-bond donors (Lipinski definition) is 2. The molecule has 2 heterocycles. The number of phenols is 1. The molecule has 0 bridgehead atoms. The number of aryl methyl sites for hydroxylation is 1. The average molecular weight is 327 g/mol. The fraction of sp³-hybridized carbons (Fsp3) is 0.353. The predicted molar refractivity (Wildman–Crippen MR) is 90.9 cm³/mol. The second-order valence-electron chi connectivity index (χ2n) is 5.75. The van der Waals surface area contributed by atoms with Crippen molar-refractivity contribution in [2.75, 3.05) is 31.1 Å². The molecule has 2 aromatic rings. The van der Waals surface area contributed by atoms with E-state index in [9.17, 15) is 9.90 Å². The lowest BCUT2D eigenvalue weighted by Gasteiger charge is -2.36. The van der Waals surface area contributed by atoms with E-state index in [2.05, 4.69) is 20.2 Å². The van der Waals surface area contributed by atoms with Crippen molar-refractivity contribution >= 4 is 11.7 Å². The lowest BCUT2D eigenvalue weighted by molar-refractivity contribution is 0.193. The Balaban J connectivity index is 1.50. The van der Waals surface area contributed by atoms with Crippen molar-refractivity contribution in [1.82, 2.24) is 20.2 Å². The molecule has 1 aliphatic rings. The molecule has 0 saturated carbocycles. The number of benzene rings is 1. The van der Waals surface area contributed by atoms with Gasteiger partial charge < -0.3 is 20.2 Å². The summed E-state index contributed by atoms with van der Waals surface area (Å²) in [5, 5.41) is 12.5. The van der Waals surface area contributed by atoms with Gasteiger partial charge in [-0.2, -0.15) is 0 Å². The van der Waals surface area contributed by atoms with Gasteiger partial charge in [-0.3, -0.25) is 0 Å². The van der Waals surface area contributed by atoms with Crippen molar-refractivity contribution < 1.29 is 9.90 Å². The maximum atomic E-state index is 12.3. The number of carbonyl (C=O) groups excluding carboxylic acids is 1. The fourth-order valence-electron chi connectivity index (χ4n) is 2.74. The maximum absolute atomic E-state index is 12.3. The Morgan fingerprint density at radius 2 is 2.04 bits per heavy atom. The molecule has 1 saturated heterocycles. The van der Waals surface area contributed by atoms with Gasteiger partial charge in [-0.15, -0.1) is 0 Å². The Bertz CT molecular complexity index is 714. The summed E-state index contributed by atoms with van der Waals surface area (Å²) >= 11 is 0. The molecule has 2 amide bonds. The largest absolute Gasteiger partial charge is 0.508 e. The topological polar surface area (TPSA) is 81.6 Å². The van der Waals surface area contributed by atoms with Gasteiger partial charge in [-0.05, 0) is 25.1 Å². The third kappa shape index (κ3) is 3.92. The minimum absolute atomic E-state index is 0.0816. The van der Waals surface area contributed by atoms with E-state index in [-0.39, 0.29) is 11.8 Å². The summed E-state index contributed by atoms with van der Waals surface area (Å²) in [6.07, 6.45) is 1.69. The Morgan fingerprint density at radius 1 is 1.25 bits per heavy atom. The van der Waals surface area contributed by atoms with Gasteiger partial charge in [0.05, 0.1) is 12.2 Å². The van der Waals surface area contributed by atoms with Crippen LogP contribution in [0.15, 0.2) is 36.5 Å². The van der Waals surface area contributed by atoms with Gasteiger partial charge in [0.15, 0.2) is 0 Å². The van der Waals surface area contributed by atoms with Crippen molar-refractivity contribution in [3.63, 3.8) is 0 Å². The molecular weight excluding hydrogens is 306 g/mol. The Morgan fingerprint density at radius 3 is 2.75 bits per heavy atom. The van der Waals surface area contributed by atoms with Crippen LogP contribution in [-0.4, -0.2) is 52.2 Å². The summed E-state index contributed by atoms with van der Waals surface area (Å²) < 4.78 is 0. The number of rotatable bonds is 3. The van der Waals surface area contributed by atoms with E-state index >= 15 is 0 Å². The van der Waals surface area contributed by atoms with Gasteiger partial charge in [0.25, 0.3) is 0 Å². The SMILES string of the molecule is Cc1nccc(CNC(=O)N2CCN(c3cccc(O)c3)CC2)n1. The molecule has 2 N–H and O–H groups in total. The summed E-state index contributed by atoms with van der Waals surface area (Å²) in [5.41, 5.74) is 1.78. The van der Waals surface area contributed by atoms with E-state index in [1.807, 2.05) is 19.1 Å². The highest BCUT2D eigenvalue weighted by Gasteiger charge is 2.21. The van der Waals surface area contributed by atoms with Gasteiger partial charge in [0, 0.05) is 44.1 Å². The number of amides is 2. The second kappa shape index (κ2) is 7.16. The normalized spacial score (nSPS) is 14.5. The zero-order valence-electron chi connectivity index (χ0n) is 13.6. The molecule has 0 radical (unpaired) electrons. The fourth-order valence-corrected chi connectivity index (χ4v) is 2.74. The van der Waals surface area contributed by atoms with Crippen LogP contribution in [0, 0.1) is 6.92 Å². The molecule has 126 valence electrons. The molecule has 1 aliphatic heterocycles. The van der Waals surface area contributed by atoms with Crippen LogP contribution in [0.1, 0.15) is 11.5 Å². The van der Waals surface area contributed by atoms with Gasteiger partial charge in [0.1, 0.15) is 11.6 Å². The van der Waals surface area contributed by atoms with Gasteiger partial charge in [0.2, 0.25) is 0 Å². The highest BCUT2D eigenvalue weighted by Crippen LogP contribution is 2.21. The van der Waals surface area contributed by atoms with Gasteiger partial charge >= 0.3 is 6.03 Å². The summed E-state index contributed by atoms with van der Waals surface area (Å²) in [6, 6.07) is 8.91. The molecule has 3 rings (SSSR count). The number of aromatic hydroxyl groups is 1. The first-order valence-corrected chi connectivity index (χ1v) is 7.97. The Kier molecular flexibility index (Phi) is 4.79. The number of urea groups is 1. The summed E-state index contributed by atoms with van der Waals surface area (Å²) in [6.45, 7) is 4.99. The smallest absolute Gasteiger partial charge is 0.317 e. The second-order valence-corrected chi connectivity index (χ2v) is 5.75. The Labute approximate surface area is 141 Å². The van der Waals surface area contributed by atoms with Crippen molar-refractivity contribution in [1.29, 1.82) is 0 Å². The van der Waals surface area contributed by atoms with Crippen molar-refractivity contribution in [3.8, 4) is 5.75 Å². The van der Waals surface area contributed by atoms with E-state index in [0.29, 0.717) is 25.5 Å².